The van der Waals surface area contributed by atoms with Crippen molar-refractivity contribution in [2.45, 2.75) is 65.1 Å². The van der Waals surface area contributed by atoms with Crippen molar-refractivity contribution in [3.63, 3.8) is 0 Å². The van der Waals surface area contributed by atoms with Crippen LogP contribution in [0, 0.1) is 11.8 Å². The van der Waals surface area contributed by atoms with E-state index in [1.165, 1.54) is 6.42 Å². The normalized spacial score (nSPS) is 25.8. The number of rotatable bonds is 7. The second-order valence-electron chi connectivity index (χ2n) is 5.91. The van der Waals surface area contributed by atoms with E-state index in [-0.39, 0.29) is 18.6 Å². The number of ether oxygens (including phenoxy) is 1. The molecular weight excluding hydrogens is 258 g/mol. The summed E-state index contributed by atoms with van der Waals surface area (Å²) in [6, 6.07) is 0. The largest absolute Gasteiger partial charge is 0.481 e. The summed E-state index contributed by atoms with van der Waals surface area (Å²) in [5.74, 6) is -1.02. The Bertz CT molecular complexity index is 332. The van der Waals surface area contributed by atoms with E-state index in [1.54, 1.807) is 6.92 Å². The minimum absolute atomic E-state index is 0.148. The number of amides is 1. The van der Waals surface area contributed by atoms with Gasteiger partial charge in [-0.15, -0.1) is 0 Å². The number of carbonyl (C=O) groups is 2. The zero-order chi connectivity index (χ0) is 15.1. The van der Waals surface area contributed by atoms with Gasteiger partial charge in [0, 0.05) is 6.54 Å². The molecule has 0 heterocycles. The summed E-state index contributed by atoms with van der Waals surface area (Å²) in [7, 11) is 0. The van der Waals surface area contributed by atoms with Gasteiger partial charge in [0.1, 0.15) is 6.10 Å². The highest BCUT2D eigenvalue weighted by Crippen LogP contribution is 2.26. The molecule has 20 heavy (non-hydrogen) atoms. The third kappa shape index (κ3) is 5.49. The Kier molecular flexibility index (Phi) is 6.99. The van der Waals surface area contributed by atoms with Crippen LogP contribution in [0.5, 0.6) is 0 Å². The molecule has 0 radical (unpaired) electrons. The molecule has 2 N–H and O–H groups in total. The lowest BCUT2D eigenvalue weighted by Crippen LogP contribution is -2.41. The molecule has 1 rings (SSSR count). The maximum Gasteiger partial charge on any atom is 0.308 e. The van der Waals surface area contributed by atoms with Gasteiger partial charge in [-0.1, -0.05) is 33.6 Å². The fourth-order valence-electron chi connectivity index (χ4n) is 2.53. The lowest BCUT2D eigenvalue weighted by atomic mass is 9.88. The summed E-state index contributed by atoms with van der Waals surface area (Å²) in [5, 5.41) is 11.5. The number of aliphatic carboxylic acids is 1. The van der Waals surface area contributed by atoms with Crippen LogP contribution in [-0.2, 0) is 14.3 Å². The van der Waals surface area contributed by atoms with Crippen molar-refractivity contribution in [1.29, 1.82) is 0 Å². The van der Waals surface area contributed by atoms with Crippen LogP contribution in [0.25, 0.3) is 0 Å². The van der Waals surface area contributed by atoms with Crippen molar-refractivity contribution in [2.75, 3.05) is 6.54 Å². The Morgan fingerprint density at radius 2 is 2.10 bits per heavy atom. The molecule has 0 saturated heterocycles. The van der Waals surface area contributed by atoms with Gasteiger partial charge in [0.2, 0.25) is 5.91 Å². The minimum Gasteiger partial charge on any atom is -0.481 e. The molecule has 1 amide bonds. The molecule has 0 aromatic carbocycles. The van der Waals surface area contributed by atoms with E-state index in [1.807, 2.05) is 6.92 Å². The van der Waals surface area contributed by atoms with E-state index in [9.17, 15) is 9.59 Å². The molecule has 1 aliphatic rings. The molecule has 0 aliphatic heterocycles. The summed E-state index contributed by atoms with van der Waals surface area (Å²) in [4.78, 5) is 22.7. The van der Waals surface area contributed by atoms with Crippen LogP contribution in [0.4, 0.5) is 0 Å². The Hall–Kier alpha value is -1.10. The van der Waals surface area contributed by atoms with E-state index >= 15 is 0 Å². The quantitative estimate of drug-likeness (QED) is 0.752. The molecule has 0 aromatic heterocycles. The first-order chi connectivity index (χ1) is 9.43. The van der Waals surface area contributed by atoms with Crippen LogP contribution in [0.1, 0.15) is 52.9 Å². The number of hydrogen-bond acceptors (Lipinski definition) is 3. The smallest absolute Gasteiger partial charge is 0.308 e. The van der Waals surface area contributed by atoms with Crippen LogP contribution in [-0.4, -0.2) is 35.7 Å². The Morgan fingerprint density at radius 3 is 2.65 bits per heavy atom. The summed E-state index contributed by atoms with van der Waals surface area (Å²) in [6.07, 6.45) is 4.71. The van der Waals surface area contributed by atoms with Crippen molar-refractivity contribution >= 4 is 11.9 Å². The minimum atomic E-state index is -0.902. The summed E-state index contributed by atoms with van der Waals surface area (Å²) in [5.41, 5.74) is 0. The van der Waals surface area contributed by atoms with Crippen LogP contribution < -0.4 is 5.32 Å². The van der Waals surface area contributed by atoms with Crippen molar-refractivity contribution in [3.8, 4) is 0 Å². The number of hydrogen-bond donors (Lipinski definition) is 2. The van der Waals surface area contributed by atoms with Crippen molar-refractivity contribution in [1.82, 2.24) is 5.32 Å². The SMILES string of the molecule is CCC(OC1CCCC(C)C1)C(=O)NCC(C)C(=O)O. The molecule has 0 spiro atoms. The molecule has 5 nitrogen and oxygen atoms in total. The maximum atomic E-state index is 12.0. The third-order valence-corrected chi connectivity index (χ3v) is 3.91. The summed E-state index contributed by atoms with van der Waals surface area (Å²) >= 11 is 0. The van der Waals surface area contributed by atoms with Gasteiger partial charge < -0.3 is 15.2 Å². The Balaban J connectivity index is 2.40. The fraction of sp³-hybridized carbons (Fsp3) is 0.867. The van der Waals surface area contributed by atoms with Gasteiger partial charge in [-0.25, -0.2) is 0 Å². The molecule has 0 aromatic rings. The Morgan fingerprint density at radius 1 is 1.40 bits per heavy atom. The number of carboxylic acids is 1. The van der Waals surface area contributed by atoms with E-state index in [0.29, 0.717) is 12.3 Å². The number of nitrogens with one attached hydrogen (secondary N) is 1. The molecule has 1 aliphatic carbocycles. The second-order valence-corrected chi connectivity index (χ2v) is 5.91. The molecule has 116 valence electrons. The average molecular weight is 285 g/mol. The van der Waals surface area contributed by atoms with Crippen LogP contribution in [0.3, 0.4) is 0 Å². The highest BCUT2D eigenvalue weighted by Gasteiger charge is 2.26. The van der Waals surface area contributed by atoms with E-state index in [2.05, 4.69) is 12.2 Å². The second kappa shape index (κ2) is 8.25. The predicted octanol–water partition coefficient (Wildman–Crippen LogP) is 2.20. The molecule has 1 saturated carbocycles. The first-order valence-corrected chi connectivity index (χ1v) is 7.60. The third-order valence-electron chi connectivity index (χ3n) is 3.91. The van der Waals surface area contributed by atoms with Gasteiger partial charge in [0.25, 0.3) is 0 Å². The zero-order valence-electron chi connectivity index (χ0n) is 12.7. The summed E-state index contributed by atoms with van der Waals surface area (Å²) in [6.45, 7) is 5.85. The predicted molar refractivity (Wildman–Crippen MR) is 76.4 cm³/mol. The topological polar surface area (TPSA) is 75.6 Å². The maximum absolute atomic E-state index is 12.0. The van der Waals surface area contributed by atoms with Crippen molar-refractivity contribution in [3.05, 3.63) is 0 Å². The highest BCUT2D eigenvalue weighted by molar-refractivity contribution is 5.81. The van der Waals surface area contributed by atoms with Crippen molar-refractivity contribution in [2.24, 2.45) is 11.8 Å². The van der Waals surface area contributed by atoms with Gasteiger partial charge >= 0.3 is 5.97 Å². The van der Waals surface area contributed by atoms with Crippen LogP contribution in [0.15, 0.2) is 0 Å². The van der Waals surface area contributed by atoms with Gasteiger partial charge in [-0.2, -0.15) is 0 Å². The fourth-order valence-corrected chi connectivity index (χ4v) is 2.53. The number of carboxylic acid groups (broad SMARTS) is 1. The monoisotopic (exact) mass is 285 g/mol. The first-order valence-electron chi connectivity index (χ1n) is 7.60. The summed E-state index contributed by atoms with van der Waals surface area (Å²) < 4.78 is 5.91. The molecule has 0 bridgehead atoms. The van der Waals surface area contributed by atoms with E-state index < -0.39 is 18.0 Å². The van der Waals surface area contributed by atoms with Crippen LogP contribution >= 0.6 is 0 Å². The lowest BCUT2D eigenvalue weighted by Gasteiger charge is -2.30. The van der Waals surface area contributed by atoms with Crippen LogP contribution in [0.2, 0.25) is 0 Å². The van der Waals surface area contributed by atoms with E-state index in [0.717, 1.165) is 19.3 Å². The highest BCUT2D eigenvalue weighted by atomic mass is 16.5. The van der Waals surface area contributed by atoms with Gasteiger partial charge in [0.15, 0.2) is 0 Å². The van der Waals surface area contributed by atoms with Crippen molar-refractivity contribution < 1.29 is 19.4 Å². The zero-order valence-corrected chi connectivity index (χ0v) is 12.7. The number of carbonyl (C=O) groups excluding carboxylic acids is 1. The standard InChI is InChI=1S/C15H27NO4/c1-4-13(14(17)16-9-11(3)15(18)19)20-12-7-5-6-10(2)8-12/h10-13H,4-9H2,1-3H3,(H,16,17)(H,18,19). The molecular formula is C15H27NO4. The molecule has 4 unspecified atom stereocenters. The first kappa shape index (κ1) is 17.0. The van der Waals surface area contributed by atoms with E-state index in [4.69, 9.17) is 9.84 Å². The van der Waals surface area contributed by atoms with Gasteiger partial charge in [-0.05, 0) is 25.2 Å². The van der Waals surface area contributed by atoms with Gasteiger partial charge in [-0.3, -0.25) is 9.59 Å². The lowest BCUT2D eigenvalue weighted by molar-refractivity contribution is -0.142. The molecule has 5 heteroatoms. The Labute approximate surface area is 121 Å². The average Bonchev–Trinajstić information content (AvgIpc) is 2.41. The van der Waals surface area contributed by atoms with Gasteiger partial charge in [0.05, 0.1) is 12.0 Å². The molecule has 1 fully saturated rings. The molecule has 4 atom stereocenters.